The van der Waals surface area contributed by atoms with Crippen molar-refractivity contribution in [3.8, 4) is 0 Å². The van der Waals surface area contributed by atoms with Crippen molar-refractivity contribution in [3.05, 3.63) is 99.6 Å². The Morgan fingerprint density at radius 2 is 1.55 bits per heavy atom. The van der Waals surface area contributed by atoms with Crippen molar-refractivity contribution < 1.29 is 45.5 Å². The number of amides is 3. The van der Waals surface area contributed by atoms with Crippen LogP contribution in [0.25, 0.3) is 0 Å². The van der Waals surface area contributed by atoms with Crippen LogP contribution < -0.4 is 9.80 Å². The van der Waals surface area contributed by atoms with Crippen molar-refractivity contribution in [2.75, 3.05) is 16.3 Å². The van der Waals surface area contributed by atoms with Gasteiger partial charge in [-0.1, -0.05) is 41.9 Å². The number of benzene rings is 3. The van der Waals surface area contributed by atoms with Crippen molar-refractivity contribution in [2.24, 2.45) is 0 Å². The number of carbonyl (C=O) groups is 3. The smallest absolute Gasteiger partial charge is 0.416 e. The molecule has 3 aromatic carbocycles. The van der Waals surface area contributed by atoms with E-state index in [9.17, 15) is 40.7 Å². The molecule has 17 heteroatoms. The molecule has 0 N–H and O–H groups in total. The molecule has 0 aliphatic carbocycles. The maximum Gasteiger partial charge on any atom is 0.416 e. The summed E-state index contributed by atoms with van der Waals surface area (Å²) >= 11 is 0. The highest BCUT2D eigenvalue weighted by Crippen LogP contribution is 2.44. The topological polar surface area (TPSA) is 114 Å². The molecule has 0 radical (unpaired) electrons. The molecule has 280 valence electrons. The Morgan fingerprint density at radius 1 is 0.925 bits per heavy atom. The van der Waals surface area contributed by atoms with Crippen LogP contribution in [0.3, 0.4) is 0 Å². The molecule has 0 fully saturated rings. The van der Waals surface area contributed by atoms with E-state index in [1.165, 1.54) is 21.9 Å². The number of tetrazole rings is 1. The lowest BCUT2D eigenvalue weighted by Crippen LogP contribution is -2.48. The monoisotopic (exact) mass is 743 g/mol. The highest BCUT2D eigenvalue weighted by Gasteiger charge is 2.42. The normalized spacial score (nSPS) is 17.3. The Bertz CT molecular complexity index is 1980. The fourth-order valence-electron chi connectivity index (χ4n) is 6.70. The summed E-state index contributed by atoms with van der Waals surface area (Å²) in [6.45, 7) is 6.30. The Morgan fingerprint density at radius 3 is 2.11 bits per heavy atom. The van der Waals surface area contributed by atoms with Crippen LogP contribution in [0.2, 0.25) is 0 Å². The van der Waals surface area contributed by atoms with E-state index in [4.69, 9.17) is 4.74 Å². The van der Waals surface area contributed by atoms with E-state index in [0.29, 0.717) is 29.8 Å². The number of alkyl halides is 6. The van der Waals surface area contributed by atoms with Crippen LogP contribution in [0.4, 0.5) is 42.8 Å². The van der Waals surface area contributed by atoms with Gasteiger partial charge in [0.25, 0.3) is 17.8 Å². The van der Waals surface area contributed by atoms with Gasteiger partial charge < -0.3 is 9.64 Å². The zero-order chi connectivity index (χ0) is 38.4. The number of hydrogen-bond acceptors (Lipinski definition) is 8. The van der Waals surface area contributed by atoms with Crippen molar-refractivity contribution >= 4 is 29.5 Å². The van der Waals surface area contributed by atoms with Gasteiger partial charge in [-0.2, -0.15) is 31.1 Å². The van der Waals surface area contributed by atoms with Gasteiger partial charge in [0.05, 0.1) is 53.2 Å². The number of rotatable bonds is 9. The van der Waals surface area contributed by atoms with Crippen molar-refractivity contribution in [2.45, 2.75) is 84.2 Å². The standard InChI is InChI=1S/C36H35F6N7O4/c1-5-25-18-30(28-14-21(4)10-11-29(28)49(25)34(52)53-20(2)3)47(19-22-15-23(35(37,38)39)17-24(16-22)36(40,41)42)33-43-45-48(44-33)13-12-46-31(50)26-8-6-7-9-27(26)32(46)51/h6-11,14-17,20,25,30H,5,12-13,18-19H2,1-4H3/t25-,30+/m1/s1. The molecule has 0 bridgehead atoms. The molecular weight excluding hydrogens is 708 g/mol. The zero-order valence-corrected chi connectivity index (χ0v) is 29.1. The van der Waals surface area contributed by atoms with Crippen LogP contribution in [0, 0.1) is 6.92 Å². The van der Waals surface area contributed by atoms with Gasteiger partial charge in [-0.25, -0.2) is 4.79 Å². The second-order valence-corrected chi connectivity index (χ2v) is 13.2. The molecule has 11 nitrogen and oxygen atoms in total. The summed E-state index contributed by atoms with van der Waals surface area (Å²) in [6, 6.07) is 11.7. The SMILES string of the molecule is CC[C@@H]1C[C@H](N(Cc2cc(C(F)(F)F)cc(C(F)(F)F)c2)c2nnn(CCN3C(=O)c4ccccc4C3=O)n2)c2cc(C)ccc2N1C(=O)OC(C)C. The van der Waals surface area contributed by atoms with Gasteiger partial charge >= 0.3 is 18.4 Å². The van der Waals surface area contributed by atoms with E-state index in [0.717, 1.165) is 15.3 Å². The van der Waals surface area contributed by atoms with Crippen LogP contribution in [0.15, 0.2) is 60.7 Å². The number of aryl methyl sites for hydroxylation is 1. The Kier molecular flexibility index (Phi) is 9.96. The predicted octanol–water partition coefficient (Wildman–Crippen LogP) is 7.60. The van der Waals surface area contributed by atoms with Gasteiger partial charge in [-0.05, 0) is 86.4 Å². The quantitative estimate of drug-likeness (QED) is 0.127. The second kappa shape index (κ2) is 14.2. The number of carbonyl (C=O) groups excluding carboxylic acids is 3. The number of fused-ring (bicyclic) bond motifs is 2. The fraction of sp³-hybridized carbons (Fsp3) is 0.389. The molecule has 3 amide bonds. The van der Waals surface area contributed by atoms with Crippen LogP contribution >= 0.6 is 0 Å². The summed E-state index contributed by atoms with van der Waals surface area (Å²) in [5.74, 6) is -1.14. The first-order valence-corrected chi connectivity index (χ1v) is 16.8. The fourth-order valence-corrected chi connectivity index (χ4v) is 6.70. The first-order valence-electron chi connectivity index (χ1n) is 16.8. The van der Waals surface area contributed by atoms with Gasteiger partial charge in [0.1, 0.15) is 0 Å². The first-order chi connectivity index (χ1) is 25.0. The zero-order valence-electron chi connectivity index (χ0n) is 29.1. The van der Waals surface area contributed by atoms with Gasteiger partial charge in [0.15, 0.2) is 0 Å². The number of imide groups is 1. The molecule has 53 heavy (non-hydrogen) atoms. The van der Waals surface area contributed by atoms with Gasteiger partial charge in [0, 0.05) is 12.6 Å². The van der Waals surface area contributed by atoms with Gasteiger partial charge in [0.2, 0.25) is 0 Å². The van der Waals surface area contributed by atoms with Crippen LogP contribution in [0.5, 0.6) is 0 Å². The molecule has 1 aromatic heterocycles. The second-order valence-electron chi connectivity index (χ2n) is 13.2. The summed E-state index contributed by atoms with van der Waals surface area (Å²) in [4.78, 5) is 44.4. The Balaban J connectivity index is 1.41. The summed E-state index contributed by atoms with van der Waals surface area (Å²) < 4.78 is 89.2. The highest BCUT2D eigenvalue weighted by atomic mass is 19.4. The molecule has 4 aromatic rings. The lowest BCUT2D eigenvalue weighted by Gasteiger charge is -2.44. The maximum atomic E-state index is 13.9. The van der Waals surface area contributed by atoms with E-state index in [1.54, 1.807) is 51.1 Å². The molecule has 2 aliphatic heterocycles. The molecule has 3 heterocycles. The van der Waals surface area contributed by atoms with E-state index in [-0.39, 0.29) is 48.2 Å². The maximum absolute atomic E-state index is 13.9. The summed E-state index contributed by atoms with van der Waals surface area (Å²) in [5, 5.41) is 12.7. The highest BCUT2D eigenvalue weighted by molar-refractivity contribution is 6.21. The number of hydrogen-bond donors (Lipinski definition) is 0. The van der Waals surface area contributed by atoms with E-state index in [1.807, 2.05) is 6.92 Å². The third kappa shape index (κ3) is 7.55. The molecule has 2 aliphatic rings. The lowest BCUT2D eigenvalue weighted by atomic mass is 9.87. The Labute approximate surface area is 300 Å². The van der Waals surface area contributed by atoms with E-state index in [2.05, 4.69) is 15.4 Å². The average molecular weight is 744 g/mol. The minimum absolute atomic E-state index is 0.0617. The number of halogens is 6. The van der Waals surface area contributed by atoms with Crippen LogP contribution in [0.1, 0.15) is 88.2 Å². The molecule has 0 saturated heterocycles. The number of aromatic nitrogens is 4. The average Bonchev–Trinajstić information content (AvgIpc) is 3.66. The van der Waals surface area contributed by atoms with Gasteiger partial charge in [-0.3, -0.25) is 19.4 Å². The first kappa shape index (κ1) is 37.3. The Hall–Kier alpha value is -5.48. The molecule has 0 saturated carbocycles. The van der Waals surface area contributed by atoms with Crippen molar-refractivity contribution in [3.63, 3.8) is 0 Å². The summed E-state index contributed by atoms with van der Waals surface area (Å²) in [6.07, 6.45) is -10.6. The van der Waals surface area contributed by atoms with Crippen LogP contribution in [-0.4, -0.2) is 61.7 Å². The van der Waals surface area contributed by atoms with Crippen molar-refractivity contribution in [1.82, 2.24) is 25.1 Å². The lowest BCUT2D eigenvalue weighted by molar-refractivity contribution is -0.143. The molecule has 2 atom stereocenters. The van der Waals surface area contributed by atoms with E-state index >= 15 is 0 Å². The summed E-state index contributed by atoms with van der Waals surface area (Å²) in [5.41, 5.74) is -1.01. The third-order valence-electron chi connectivity index (χ3n) is 9.14. The molecular formula is C36H35F6N7O4. The number of nitrogens with zero attached hydrogens (tertiary/aromatic N) is 7. The molecule has 6 rings (SSSR count). The van der Waals surface area contributed by atoms with Gasteiger partial charge in [-0.15, -0.1) is 5.10 Å². The number of ether oxygens (including phenoxy) is 1. The largest absolute Gasteiger partial charge is 0.446 e. The minimum atomic E-state index is -5.08. The summed E-state index contributed by atoms with van der Waals surface area (Å²) in [7, 11) is 0. The van der Waals surface area contributed by atoms with E-state index < -0.39 is 66.1 Å². The molecule has 0 unspecified atom stereocenters. The third-order valence-corrected chi connectivity index (χ3v) is 9.14. The number of anilines is 2. The van der Waals surface area contributed by atoms with Crippen LogP contribution in [-0.2, 0) is 30.2 Å². The minimum Gasteiger partial charge on any atom is -0.446 e. The van der Waals surface area contributed by atoms with Crippen molar-refractivity contribution in [1.29, 1.82) is 0 Å². The predicted molar refractivity (Wildman–Crippen MR) is 179 cm³/mol. The molecule has 0 spiro atoms.